The van der Waals surface area contributed by atoms with E-state index in [1.54, 1.807) is 0 Å². The van der Waals surface area contributed by atoms with Crippen LogP contribution in [0.4, 0.5) is 13.2 Å². The van der Waals surface area contributed by atoms with E-state index in [4.69, 9.17) is 5.73 Å². The second-order valence-corrected chi connectivity index (χ2v) is 5.53. The van der Waals surface area contributed by atoms with Crippen molar-refractivity contribution in [3.05, 3.63) is 58.7 Å². The molecular formula is C17H15F3N2O. The predicted molar refractivity (Wildman–Crippen MR) is 80.8 cm³/mol. The van der Waals surface area contributed by atoms with Crippen LogP contribution >= 0.6 is 0 Å². The number of nitrogens with two attached hydrogens (primary N) is 1. The highest BCUT2D eigenvalue weighted by molar-refractivity contribution is 6.00. The van der Waals surface area contributed by atoms with E-state index in [0.717, 1.165) is 30.7 Å². The van der Waals surface area contributed by atoms with Crippen LogP contribution in [-0.4, -0.2) is 12.5 Å². The number of hydrogen-bond donors (Lipinski definition) is 2. The molecule has 0 aliphatic carbocycles. The first-order valence-corrected chi connectivity index (χ1v) is 7.20. The van der Waals surface area contributed by atoms with Crippen molar-refractivity contribution in [1.29, 1.82) is 0 Å². The molecule has 1 aliphatic heterocycles. The van der Waals surface area contributed by atoms with Crippen molar-refractivity contribution in [2.75, 3.05) is 6.54 Å². The molecule has 6 heteroatoms. The normalized spacial score (nSPS) is 14.4. The molecular weight excluding hydrogens is 305 g/mol. The third kappa shape index (κ3) is 3.07. The van der Waals surface area contributed by atoms with Gasteiger partial charge in [0.2, 0.25) is 5.91 Å². The number of halogens is 3. The molecule has 0 spiro atoms. The van der Waals surface area contributed by atoms with Gasteiger partial charge in [0.15, 0.2) is 0 Å². The monoisotopic (exact) mass is 320 g/mol. The second-order valence-electron chi connectivity index (χ2n) is 5.53. The summed E-state index contributed by atoms with van der Waals surface area (Å²) in [5, 5.41) is 3.25. The third-order valence-corrected chi connectivity index (χ3v) is 4.02. The lowest BCUT2D eigenvalue weighted by Gasteiger charge is -2.19. The summed E-state index contributed by atoms with van der Waals surface area (Å²) < 4.78 is 38.5. The zero-order valence-corrected chi connectivity index (χ0v) is 12.2. The Labute approximate surface area is 131 Å². The van der Waals surface area contributed by atoms with Crippen LogP contribution < -0.4 is 11.1 Å². The molecule has 0 fully saturated rings. The summed E-state index contributed by atoms with van der Waals surface area (Å²) in [5.74, 6) is -0.873. The fourth-order valence-electron chi connectivity index (χ4n) is 2.82. The number of carbonyl (C=O) groups excluding carboxylic acids is 1. The van der Waals surface area contributed by atoms with Gasteiger partial charge < -0.3 is 11.1 Å². The maximum Gasteiger partial charge on any atom is 0.416 e. The molecule has 23 heavy (non-hydrogen) atoms. The molecule has 1 amide bonds. The van der Waals surface area contributed by atoms with Crippen molar-refractivity contribution in [1.82, 2.24) is 5.32 Å². The van der Waals surface area contributed by atoms with E-state index in [2.05, 4.69) is 5.32 Å². The highest BCUT2D eigenvalue weighted by Gasteiger charge is 2.31. The Morgan fingerprint density at radius 1 is 1.09 bits per heavy atom. The van der Waals surface area contributed by atoms with Gasteiger partial charge in [-0.25, -0.2) is 0 Å². The van der Waals surface area contributed by atoms with Gasteiger partial charge in [-0.2, -0.15) is 13.2 Å². The molecule has 0 saturated heterocycles. The number of benzene rings is 2. The van der Waals surface area contributed by atoms with Crippen molar-refractivity contribution in [2.24, 2.45) is 5.73 Å². The quantitative estimate of drug-likeness (QED) is 0.893. The van der Waals surface area contributed by atoms with Crippen LogP contribution in [0.3, 0.4) is 0 Å². The third-order valence-electron chi connectivity index (χ3n) is 4.02. The van der Waals surface area contributed by atoms with Crippen molar-refractivity contribution >= 4 is 5.91 Å². The minimum atomic E-state index is -4.51. The van der Waals surface area contributed by atoms with Crippen molar-refractivity contribution in [3.63, 3.8) is 0 Å². The summed E-state index contributed by atoms with van der Waals surface area (Å²) in [6.45, 7) is 1.61. The van der Waals surface area contributed by atoms with Gasteiger partial charge in [-0.1, -0.05) is 18.2 Å². The summed E-state index contributed by atoms with van der Waals surface area (Å²) in [7, 11) is 0. The van der Waals surface area contributed by atoms with Gasteiger partial charge in [0, 0.05) is 12.1 Å². The van der Waals surface area contributed by atoms with Crippen LogP contribution in [0.15, 0.2) is 36.4 Å². The van der Waals surface area contributed by atoms with Gasteiger partial charge in [-0.3, -0.25) is 4.79 Å². The van der Waals surface area contributed by atoms with Crippen LogP contribution in [0, 0.1) is 0 Å². The number of primary amides is 1. The lowest BCUT2D eigenvalue weighted by atomic mass is 9.92. The summed E-state index contributed by atoms with van der Waals surface area (Å²) in [4.78, 5) is 11.6. The fraction of sp³-hybridized carbons (Fsp3) is 0.235. The first-order chi connectivity index (χ1) is 10.9. The van der Waals surface area contributed by atoms with Crippen LogP contribution in [0.25, 0.3) is 11.1 Å². The molecule has 2 aromatic carbocycles. The van der Waals surface area contributed by atoms with E-state index < -0.39 is 17.6 Å². The zero-order chi connectivity index (χ0) is 16.6. The summed E-state index contributed by atoms with van der Waals surface area (Å²) in [6, 6.07) is 8.76. The molecule has 0 radical (unpaired) electrons. The average molecular weight is 320 g/mol. The van der Waals surface area contributed by atoms with Crippen LogP contribution in [0.1, 0.15) is 27.0 Å². The average Bonchev–Trinajstić information content (AvgIpc) is 2.53. The van der Waals surface area contributed by atoms with Gasteiger partial charge in [0.1, 0.15) is 0 Å². The largest absolute Gasteiger partial charge is 0.416 e. The molecule has 3 rings (SSSR count). The van der Waals surface area contributed by atoms with Crippen molar-refractivity contribution in [2.45, 2.75) is 19.1 Å². The maximum absolute atomic E-state index is 12.8. The summed E-state index contributed by atoms with van der Waals surface area (Å²) in [6.07, 6.45) is -3.60. The predicted octanol–water partition coefficient (Wildman–Crippen LogP) is 3.12. The maximum atomic E-state index is 12.8. The Bertz CT molecular complexity index is 769. The first kappa shape index (κ1) is 15.6. The number of amides is 1. The van der Waals surface area contributed by atoms with Gasteiger partial charge in [0.05, 0.1) is 5.56 Å². The number of hydrogen-bond acceptors (Lipinski definition) is 2. The highest BCUT2D eigenvalue weighted by Crippen LogP contribution is 2.34. The lowest BCUT2D eigenvalue weighted by molar-refractivity contribution is -0.137. The van der Waals surface area contributed by atoms with Crippen LogP contribution in [0.2, 0.25) is 0 Å². The van der Waals surface area contributed by atoms with E-state index >= 15 is 0 Å². The number of rotatable bonds is 2. The molecule has 1 heterocycles. The van der Waals surface area contributed by atoms with Gasteiger partial charge in [-0.05, 0) is 53.4 Å². The minimum Gasteiger partial charge on any atom is -0.366 e. The highest BCUT2D eigenvalue weighted by atomic mass is 19.4. The van der Waals surface area contributed by atoms with Gasteiger partial charge in [0.25, 0.3) is 0 Å². The van der Waals surface area contributed by atoms with E-state index in [1.807, 2.05) is 18.2 Å². The number of carbonyl (C=O) groups is 1. The van der Waals surface area contributed by atoms with E-state index in [-0.39, 0.29) is 5.56 Å². The zero-order valence-electron chi connectivity index (χ0n) is 12.2. The molecule has 0 saturated carbocycles. The van der Waals surface area contributed by atoms with Crippen molar-refractivity contribution in [3.8, 4) is 11.1 Å². The Hall–Kier alpha value is -2.34. The van der Waals surface area contributed by atoms with Gasteiger partial charge in [-0.15, -0.1) is 0 Å². The molecule has 0 bridgehead atoms. The van der Waals surface area contributed by atoms with Crippen molar-refractivity contribution < 1.29 is 18.0 Å². The molecule has 0 unspecified atom stereocenters. The van der Waals surface area contributed by atoms with Crippen LogP contribution in [0.5, 0.6) is 0 Å². The number of alkyl halides is 3. The first-order valence-electron chi connectivity index (χ1n) is 7.20. The SMILES string of the molecule is NC(=O)c1cc(C(F)(F)F)ccc1-c1ccc2c(c1)CNCC2. The molecule has 3 nitrogen and oxygen atoms in total. The molecule has 2 aromatic rings. The second kappa shape index (κ2) is 5.70. The molecule has 0 aromatic heterocycles. The van der Waals surface area contributed by atoms with E-state index in [1.165, 1.54) is 11.6 Å². The lowest BCUT2D eigenvalue weighted by Crippen LogP contribution is -2.23. The molecule has 3 N–H and O–H groups in total. The van der Waals surface area contributed by atoms with Crippen LogP contribution in [-0.2, 0) is 19.1 Å². The molecule has 1 aliphatic rings. The van der Waals surface area contributed by atoms with E-state index in [9.17, 15) is 18.0 Å². The standard InChI is InChI=1S/C17H15F3N2O/c18-17(19,20)13-3-4-14(15(8-13)16(21)23)11-2-1-10-5-6-22-9-12(10)7-11/h1-4,7-8,22H,5-6,9H2,(H2,21,23). The summed E-state index contributed by atoms with van der Waals surface area (Å²) >= 11 is 0. The Morgan fingerprint density at radius 2 is 1.87 bits per heavy atom. The smallest absolute Gasteiger partial charge is 0.366 e. The molecule has 120 valence electrons. The summed E-state index contributed by atoms with van der Waals surface area (Å²) in [5.41, 5.74) is 7.68. The fourth-order valence-corrected chi connectivity index (χ4v) is 2.82. The Kier molecular flexibility index (Phi) is 3.85. The topological polar surface area (TPSA) is 55.1 Å². The van der Waals surface area contributed by atoms with Gasteiger partial charge >= 0.3 is 6.18 Å². The molecule has 0 atom stereocenters. The Balaban J connectivity index is 2.10. The Morgan fingerprint density at radius 3 is 2.57 bits per heavy atom. The number of nitrogens with one attached hydrogen (secondary N) is 1. The van der Waals surface area contributed by atoms with E-state index in [0.29, 0.717) is 17.7 Å². The minimum absolute atomic E-state index is 0.122. The number of fused-ring (bicyclic) bond motifs is 1.